The number of hydrogen-bond donors (Lipinski definition) is 1. The van der Waals surface area contributed by atoms with Gasteiger partial charge in [-0.2, -0.15) is 38.9 Å². The Balaban J connectivity index is 0.00000385. The third kappa shape index (κ3) is 17.7. The first-order chi connectivity index (χ1) is 29.6. The maximum Gasteiger partial charge on any atom is 1.00 e. The van der Waals surface area contributed by atoms with Gasteiger partial charge >= 0.3 is 124 Å². The molecule has 21 nitrogen and oxygen atoms in total. The molecule has 0 atom stereocenters. The zero-order valence-electron chi connectivity index (χ0n) is 35.4. The second kappa shape index (κ2) is 25.7. The van der Waals surface area contributed by atoms with Gasteiger partial charge in [-0.3, -0.25) is 8.76 Å². The summed E-state index contributed by atoms with van der Waals surface area (Å²) < 4.78 is 138. The fourth-order valence-corrected chi connectivity index (χ4v) is 7.50. The van der Waals surface area contributed by atoms with Gasteiger partial charge in [0.25, 0.3) is 10.1 Å². The van der Waals surface area contributed by atoms with Gasteiger partial charge in [-0.25, -0.2) is 16.8 Å². The molecular weight excluding hydrogens is 997 g/mol. The van der Waals surface area contributed by atoms with Crippen molar-refractivity contribution in [2.75, 3.05) is 0 Å². The van der Waals surface area contributed by atoms with Crippen molar-refractivity contribution in [3.63, 3.8) is 0 Å². The van der Waals surface area contributed by atoms with Gasteiger partial charge in [0, 0.05) is 34.3 Å². The molecule has 0 aromatic heterocycles. The molecule has 0 fully saturated rings. The molecule has 0 saturated carbocycles. The summed E-state index contributed by atoms with van der Waals surface area (Å²) in [6, 6.07) is 17.0. The first-order valence-corrected chi connectivity index (χ1v) is 22.9. The van der Waals surface area contributed by atoms with Crippen molar-refractivity contribution in [1.29, 1.82) is 0 Å². The molecule has 322 valence electrons. The molecule has 0 heterocycles. The van der Waals surface area contributed by atoms with Gasteiger partial charge in [-0.1, -0.05) is 29.1 Å². The Morgan fingerprint density at radius 2 is 1.00 bits per heavy atom. The molecule has 6 rings (SSSR count). The Kier molecular flexibility index (Phi) is 23.1. The maximum absolute atomic E-state index is 12.4. The molecule has 0 amide bonds. The summed E-state index contributed by atoms with van der Waals surface area (Å²) in [4.78, 5) is 1.97. The third-order valence-corrected chi connectivity index (χ3v) is 11.7. The van der Waals surface area contributed by atoms with Crippen LogP contribution in [0.5, 0.6) is 0 Å². The first kappa shape index (κ1) is 60.1. The Bertz CT molecular complexity index is 3330. The van der Waals surface area contributed by atoms with Gasteiger partial charge in [0.2, 0.25) is 5.69 Å². The van der Waals surface area contributed by atoms with Crippen molar-refractivity contribution in [2.45, 2.75) is 14.7 Å². The second-order valence-electron chi connectivity index (χ2n) is 12.6. The van der Waals surface area contributed by atoms with E-state index in [0.717, 1.165) is 60.7 Å². The van der Waals surface area contributed by atoms with E-state index in [2.05, 4.69) is 35.4 Å². The summed E-state index contributed by atoms with van der Waals surface area (Å²) in [5, 5.41) is 36.2. The predicted molar refractivity (Wildman–Crippen MR) is 223 cm³/mol. The van der Waals surface area contributed by atoms with Crippen LogP contribution < -0.4 is 118 Å². The van der Waals surface area contributed by atoms with Gasteiger partial charge in [0.1, 0.15) is 41.6 Å². The minimum Gasteiger partial charge on any atom is -0.788 e. The summed E-state index contributed by atoms with van der Waals surface area (Å²) in [6.07, 6.45) is 13.2. The van der Waals surface area contributed by atoms with Crippen molar-refractivity contribution < 1.29 is 180 Å². The van der Waals surface area contributed by atoms with Crippen molar-refractivity contribution in [3.8, 4) is 0 Å². The monoisotopic (exact) mass is 1020 g/mol. The topological polar surface area (TPSA) is 346 Å². The molecule has 67 heavy (non-hydrogen) atoms. The van der Waals surface area contributed by atoms with Crippen LogP contribution in [0.3, 0.4) is 0 Å². The quantitative estimate of drug-likeness (QED) is 0.0168. The van der Waals surface area contributed by atoms with Crippen molar-refractivity contribution in [3.05, 3.63) is 150 Å². The minimum atomic E-state index is -5.11. The Morgan fingerprint density at radius 1 is 0.537 bits per heavy atom. The van der Waals surface area contributed by atoms with Crippen LogP contribution in [0.1, 0.15) is 11.1 Å². The van der Waals surface area contributed by atoms with Crippen LogP contribution in [0.15, 0.2) is 179 Å². The van der Waals surface area contributed by atoms with E-state index in [1.54, 1.807) is 0 Å². The molecular formula is C38H25N8Na4O13S4+. The largest absolute Gasteiger partial charge is 1.00 e. The van der Waals surface area contributed by atoms with Crippen LogP contribution in [0, 0.1) is 5.21 Å². The minimum absolute atomic E-state index is 0. The SMILES string of the molecule is O=S(=O)([O-])c1ccc([N+]([O-])=Nc2ccc(N=Nc3ccc(C=Cc4ccc(N=[N+]=C5C=CC(=NN=C6C=CC(=S(=O)([O-])[O-])C=C6)C=C5)cc4S(=O)(=O)[O-])c(S(=O)(=O)O)c3)cc2)cc1.[Na+].[Na+].[Na+].[Na+]. The van der Waals surface area contributed by atoms with E-state index in [4.69, 9.17) is 0 Å². The average molecular weight is 1020 g/mol. The van der Waals surface area contributed by atoms with E-state index in [0.29, 0.717) is 11.4 Å². The summed E-state index contributed by atoms with van der Waals surface area (Å²) in [6.45, 7) is 0. The molecule has 0 radical (unpaired) electrons. The molecule has 0 saturated heterocycles. The van der Waals surface area contributed by atoms with Crippen LogP contribution in [0.25, 0.3) is 12.2 Å². The van der Waals surface area contributed by atoms with E-state index < -0.39 is 60.0 Å². The normalized spacial score (nSPS) is 13.9. The number of allylic oxidation sites excluding steroid dienone is 8. The molecule has 4 aromatic carbocycles. The smallest absolute Gasteiger partial charge is 0.788 e. The van der Waals surface area contributed by atoms with Crippen LogP contribution in [-0.2, 0) is 40.4 Å². The molecule has 0 aliphatic heterocycles. The number of hydrogen-bond acceptors (Lipinski definition) is 18. The van der Waals surface area contributed by atoms with Crippen LogP contribution >= 0.6 is 0 Å². The van der Waals surface area contributed by atoms with Crippen molar-refractivity contribution in [2.24, 2.45) is 30.7 Å². The molecule has 4 aromatic rings. The summed E-state index contributed by atoms with van der Waals surface area (Å²) in [5.74, 6) is 0. The van der Waals surface area contributed by atoms with E-state index in [-0.39, 0.29) is 168 Å². The Labute approximate surface area is 472 Å². The number of azo groups is 2. The second-order valence-corrected chi connectivity index (χ2v) is 18.1. The van der Waals surface area contributed by atoms with E-state index in [9.17, 15) is 57.4 Å². The van der Waals surface area contributed by atoms with Crippen molar-refractivity contribution in [1.82, 2.24) is 0 Å². The van der Waals surface area contributed by atoms with Crippen LogP contribution in [0.4, 0.5) is 28.4 Å². The fourth-order valence-electron chi connectivity index (χ4n) is 5.17. The van der Waals surface area contributed by atoms with E-state index in [1.807, 2.05) is 0 Å². The molecule has 2 aliphatic rings. The average Bonchev–Trinajstić information content (AvgIpc) is 3.23. The maximum atomic E-state index is 12.4. The molecule has 1 N–H and O–H groups in total. The fraction of sp³-hybridized carbons (Fsp3) is 0. The van der Waals surface area contributed by atoms with Gasteiger partial charge in [0.05, 0.1) is 37.4 Å². The van der Waals surface area contributed by atoms with Crippen LogP contribution in [-0.4, -0.2) is 83.9 Å². The van der Waals surface area contributed by atoms with E-state index in [1.165, 1.54) is 85.0 Å². The third-order valence-electron chi connectivity index (χ3n) is 8.20. The molecule has 0 bridgehead atoms. The number of benzene rings is 4. The van der Waals surface area contributed by atoms with Gasteiger partial charge in [-0.05, 0) is 108 Å². The molecule has 0 unspecified atom stereocenters. The Morgan fingerprint density at radius 3 is 1.51 bits per heavy atom. The number of rotatable bonds is 11. The first-order valence-electron chi connectivity index (χ1n) is 17.3. The number of nitrogens with zero attached hydrogens (tertiary/aromatic N) is 8. The van der Waals surface area contributed by atoms with Gasteiger partial charge in [0.15, 0.2) is 0 Å². The van der Waals surface area contributed by atoms with Crippen molar-refractivity contribution >= 4 is 103 Å². The predicted octanol–water partition coefficient (Wildman–Crippen LogP) is -6.23. The zero-order valence-corrected chi connectivity index (χ0v) is 46.7. The van der Waals surface area contributed by atoms with E-state index >= 15 is 0 Å². The summed E-state index contributed by atoms with van der Waals surface area (Å²) >= 11 is 0. The van der Waals surface area contributed by atoms with Gasteiger partial charge in [-0.15, -0.1) is 0 Å². The Hall–Kier alpha value is -3.03. The van der Waals surface area contributed by atoms with Gasteiger partial charge < -0.3 is 23.4 Å². The summed E-state index contributed by atoms with van der Waals surface area (Å²) in [7, 11) is -19.3. The standard InChI is InChI=1S/C38H28N8O13S4.4Na/c47-46(34-17-21-36(22-18-34)61(51,52)53)45-31-13-11-29(12-14-31)42-44-33-6-4-26(38(24-33)63(57,58)59)2-1-25-3-5-32(23-37(25)62(54,55)56)43-41-28-9-7-27(8-10-28)39-40-30-15-19-35(20-16-30)60(48,49)50;;;;/h1-24H,(H4,48,49,50,51,52,53,54,55,56,57,58,59);;;;/q;4*+1/p-3. The molecule has 0 spiro atoms. The zero-order chi connectivity index (χ0) is 45.6. The summed E-state index contributed by atoms with van der Waals surface area (Å²) in [5.41, 5.74) is 1.02. The molecule has 29 heteroatoms. The molecule has 2 aliphatic carbocycles. The van der Waals surface area contributed by atoms with Crippen LogP contribution in [0.2, 0.25) is 0 Å².